The van der Waals surface area contributed by atoms with Gasteiger partial charge in [0.05, 0.1) is 7.11 Å². The zero-order valence-electron chi connectivity index (χ0n) is 15.4. The Labute approximate surface area is 139 Å². The van der Waals surface area contributed by atoms with Crippen molar-refractivity contribution in [3.05, 3.63) is 35.1 Å². The number of hydrogen-bond donors (Lipinski definition) is 1. The van der Waals surface area contributed by atoms with Gasteiger partial charge in [0.1, 0.15) is 11.5 Å². The summed E-state index contributed by atoms with van der Waals surface area (Å²) in [6, 6.07) is 3.76. The minimum atomic E-state index is -0.756. The van der Waals surface area contributed by atoms with Crippen LogP contribution in [-0.4, -0.2) is 18.2 Å². The van der Waals surface area contributed by atoms with Gasteiger partial charge in [0.2, 0.25) is 0 Å². The fraction of sp³-hybridized carbons (Fsp3) is 0.526. The van der Waals surface area contributed by atoms with Crippen molar-refractivity contribution in [3.63, 3.8) is 0 Å². The van der Waals surface area contributed by atoms with Gasteiger partial charge in [-0.05, 0) is 36.0 Å². The maximum Gasteiger partial charge on any atom is 0.378 e. The standard InChI is InChI=1S/C19H28O4/c1-9-15(20)17(21)23-16-13(18(2,3)4)10-12(22-8)11-14(16)19(5,6)7/h9-11,20H,1-8H3/b15-9+. The van der Waals surface area contributed by atoms with Crippen molar-refractivity contribution in [1.29, 1.82) is 0 Å². The second-order valence-corrected chi connectivity index (χ2v) is 7.62. The van der Waals surface area contributed by atoms with Crippen LogP contribution in [0.15, 0.2) is 24.0 Å². The summed E-state index contributed by atoms with van der Waals surface area (Å²) in [4.78, 5) is 12.1. The quantitative estimate of drug-likeness (QED) is 0.381. The molecule has 0 amide bonds. The molecule has 0 aliphatic rings. The van der Waals surface area contributed by atoms with E-state index >= 15 is 0 Å². The van der Waals surface area contributed by atoms with Crippen LogP contribution < -0.4 is 9.47 Å². The van der Waals surface area contributed by atoms with Crippen molar-refractivity contribution in [2.75, 3.05) is 7.11 Å². The third-order valence-electron chi connectivity index (χ3n) is 3.59. The predicted octanol–water partition coefficient (Wildman–Crippen LogP) is 4.66. The average Bonchev–Trinajstić information content (AvgIpc) is 2.43. The Hall–Kier alpha value is -1.97. The van der Waals surface area contributed by atoms with Gasteiger partial charge in [0, 0.05) is 11.1 Å². The van der Waals surface area contributed by atoms with Gasteiger partial charge >= 0.3 is 5.97 Å². The van der Waals surface area contributed by atoms with Crippen molar-refractivity contribution < 1.29 is 19.4 Å². The molecule has 0 aliphatic heterocycles. The summed E-state index contributed by atoms with van der Waals surface area (Å²) in [6.45, 7) is 13.8. The zero-order valence-corrected chi connectivity index (χ0v) is 15.4. The summed E-state index contributed by atoms with van der Waals surface area (Å²) in [7, 11) is 1.62. The fourth-order valence-electron chi connectivity index (χ4n) is 2.21. The van der Waals surface area contributed by atoms with E-state index in [0.29, 0.717) is 5.75 Å². The van der Waals surface area contributed by atoms with Crippen molar-refractivity contribution >= 4 is 5.97 Å². The van der Waals surface area contributed by atoms with Crippen LogP contribution in [0.3, 0.4) is 0 Å². The molecule has 1 aromatic rings. The van der Waals surface area contributed by atoms with Crippen LogP contribution in [0.2, 0.25) is 0 Å². The van der Waals surface area contributed by atoms with E-state index in [-0.39, 0.29) is 10.8 Å². The lowest BCUT2D eigenvalue weighted by atomic mass is 9.79. The maximum absolute atomic E-state index is 12.1. The molecule has 128 valence electrons. The van der Waals surface area contributed by atoms with Gasteiger partial charge in [-0.1, -0.05) is 41.5 Å². The zero-order chi connectivity index (χ0) is 18.0. The molecule has 1 N–H and O–H groups in total. The number of esters is 1. The van der Waals surface area contributed by atoms with Gasteiger partial charge in [-0.3, -0.25) is 0 Å². The van der Waals surface area contributed by atoms with Crippen LogP contribution in [0.25, 0.3) is 0 Å². The van der Waals surface area contributed by atoms with Crippen LogP contribution >= 0.6 is 0 Å². The van der Waals surface area contributed by atoms with Gasteiger partial charge in [0.15, 0.2) is 5.76 Å². The Bertz CT molecular complexity index is 578. The van der Waals surface area contributed by atoms with Gasteiger partial charge < -0.3 is 14.6 Å². The lowest BCUT2D eigenvalue weighted by Gasteiger charge is -2.29. The molecule has 0 saturated carbocycles. The summed E-state index contributed by atoms with van der Waals surface area (Å²) < 4.78 is 11.0. The van der Waals surface area contributed by atoms with E-state index in [9.17, 15) is 9.90 Å². The van der Waals surface area contributed by atoms with E-state index in [2.05, 4.69) is 0 Å². The first-order valence-corrected chi connectivity index (χ1v) is 7.72. The number of aliphatic hydroxyl groups is 1. The Morgan fingerprint density at radius 3 is 1.78 bits per heavy atom. The van der Waals surface area contributed by atoms with Crippen LogP contribution in [0, 0.1) is 0 Å². The molecule has 0 unspecified atom stereocenters. The van der Waals surface area contributed by atoms with Crippen molar-refractivity contribution in [3.8, 4) is 11.5 Å². The average molecular weight is 320 g/mol. The molecule has 1 rings (SSSR count). The van der Waals surface area contributed by atoms with Crippen LogP contribution in [0.5, 0.6) is 11.5 Å². The Morgan fingerprint density at radius 1 is 1.04 bits per heavy atom. The normalized spacial score (nSPS) is 13.0. The predicted molar refractivity (Wildman–Crippen MR) is 92.4 cm³/mol. The molecular formula is C19H28O4. The number of carbonyl (C=O) groups is 1. The summed E-state index contributed by atoms with van der Waals surface area (Å²) >= 11 is 0. The van der Waals surface area contributed by atoms with Crippen LogP contribution in [0.1, 0.15) is 59.6 Å². The molecule has 0 aromatic heterocycles. The Kier molecular flexibility index (Phi) is 5.51. The first kappa shape index (κ1) is 19.1. The number of carbonyl (C=O) groups excluding carboxylic acids is 1. The molecule has 0 radical (unpaired) electrons. The molecule has 0 spiro atoms. The van der Waals surface area contributed by atoms with E-state index in [4.69, 9.17) is 9.47 Å². The topological polar surface area (TPSA) is 55.8 Å². The number of benzene rings is 1. The number of hydrogen-bond acceptors (Lipinski definition) is 4. The molecule has 0 atom stereocenters. The van der Waals surface area contributed by atoms with Crippen molar-refractivity contribution in [1.82, 2.24) is 0 Å². The van der Waals surface area contributed by atoms with Crippen molar-refractivity contribution in [2.24, 2.45) is 0 Å². The van der Waals surface area contributed by atoms with E-state index in [1.807, 2.05) is 53.7 Å². The van der Waals surface area contributed by atoms with E-state index in [1.165, 1.54) is 6.08 Å². The van der Waals surface area contributed by atoms with Crippen molar-refractivity contribution in [2.45, 2.75) is 59.3 Å². The smallest absolute Gasteiger partial charge is 0.378 e. The first-order chi connectivity index (χ1) is 10.4. The second kappa shape index (κ2) is 6.65. The minimum absolute atomic E-state index is 0.254. The highest BCUT2D eigenvalue weighted by molar-refractivity contribution is 5.88. The molecule has 1 aromatic carbocycles. The summed E-state index contributed by atoms with van der Waals surface area (Å²) in [5.74, 6) is 0.0494. The molecule has 0 aliphatic carbocycles. The summed E-state index contributed by atoms with van der Waals surface area (Å²) in [5, 5.41) is 9.64. The first-order valence-electron chi connectivity index (χ1n) is 7.72. The van der Waals surface area contributed by atoms with Crippen LogP contribution in [0.4, 0.5) is 0 Å². The van der Waals surface area contributed by atoms with Crippen LogP contribution in [-0.2, 0) is 15.6 Å². The third-order valence-corrected chi connectivity index (χ3v) is 3.59. The highest BCUT2D eigenvalue weighted by atomic mass is 16.5. The molecule has 0 bridgehead atoms. The molecule has 0 saturated heterocycles. The van der Waals surface area contributed by atoms with E-state index < -0.39 is 11.7 Å². The summed E-state index contributed by atoms with van der Waals surface area (Å²) in [6.07, 6.45) is 1.32. The number of ether oxygens (including phenoxy) is 2. The van der Waals surface area contributed by atoms with Gasteiger partial charge in [-0.15, -0.1) is 0 Å². The number of methoxy groups -OCH3 is 1. The lowest BCUT2D eigenvalue weighted by Crippen LogP contribution is -2.22. The Balaban J connectivity index is 3.65. The molecule has 0 heterocycles. The lowest BCUT2D eigenvalue weighted by molar-refractivity contribution is -0.133. The molecule has 4 heteroatoms. The maximum atomic E-state index is 12.1. The minimum Gasteiger partial charge on any atom is -0.502 e. The monoisotopic (exact) mass is 320 g/mol. The van der Waals surface area contributed by atoms with Gasteiger partial charge in [0.25, 0.3) is 0 Å². The number of rotatable bonds is 3. The number of aliphatic hydroxyl groups excluding tert-OH is 1. The Morgan fingerprint density at radius 2 is 1.48 bits per heavy atom. The van der Waals surface area contributed by atoms with Gasteiger partial charge in [-0.25, -0.2) is 4.79 Å². The summed E-state index contributed by atoms with van der Waals surface area (Å²) in [5.41, 5.74) is 1.21. The second-order valence-electron chi connectivity index (χ2n) is 7.62. The molecular weight excluding hydrogens is 292 g/mol. The molecule has 23 heavy (non-hydrogen) atoms. The largest absolute Gasteiger partial charge is 0.502 e. The van der Waals surface area contributed by atoms with E-state index in [1.54, 1.807) is 14.0 Å². The fourth-order valence-corrected chi connectivity index (χ4v) is 2.21. The molecule has 4 nitrogen and oxygen atoms in total. The SMILES string of the molecule is C/C=C(/O)C(=O)Oc1c(C(C)(C)C)cc(OC)cc1C(C)(C)C. The molecule has 0 fully saturated rings. The van der Waals surface area contributed by atoms with Gasteiger partial charge in [-0.2, -0.15) is 0 Å². The third kappa shape index (κ3) is 4.50. The number of allylic oxidation sites excluding steroid dienone is 1. The highest BCUT2D eigenvalue weighted by Gasteiger charge is 2.30. The van der Waals surface area contributed by atoms with E-state index in [0.717, 1.165) is 16.9 Å². The highest BCUT2D eigenvalue weighted by Crippen LogP contribution is 2.42.